The van der Waals surface area contributed by atoms with E-state index in [-0.39, 0.29) is 23.5 Å². The Morgan fingerprint density at radius 3 is 2.67 bits per heavy atom. The van der Waals surface area contributed by atoms with Crippen molar-refractivity contribution in [2.75, 3.05) is 0 Å². The number of thioether (sulfide) groups is 1. The van der Waals surface area contributed by atoms with Gasteiger partial charge in [-0.25, -0.2) is 4.79 Å². The number of fused-ring (bicyclic) bond motifs is 1. The molecule has 2 aliphatic carbocycles. The Bertz CT molecular complexity index is 742. The summed E-state index contributed by atoms with van der Waals surface area (Å²) >= 11 is 1.26. The molecule has 1 aromatic heterocycles. The lowest BCUT2D eigenvalue weighted by atomic mass is 9.89. The predicted octanol–water partition coefficient (Wildman–Crippen LogP) is -0.0711. The van der Waals surface area contributed by atoms with Crippen LogP contribution in [0.15, 0.2) is 11.5 Å². The fraction of sp³-hybridized carbons (Fsp3) is 0.688. The van der Waals surface area contributed by atoms with Gasteiger partial charge in [-0.05, 0) is 24.7 Å². The van der Waals surface area contributed by atoms with Crippen LogP contribution in [0.1, 0.15) is 26.7 Å². The van der Waals surface area contributed by atoms with Gasteiger partial charge in [-0.1, -0.05) is 25.6 Å². The van der Waals surface area contributed by atoms with Gasteiger partial charge in [-0.3, -0.25) is 9.59 Å². The number of aromatic amines is 1. The van der Waals surface area contributed by atoms with E-state index < -0.39 is 41.3 Å². The highest BCUT2D eigenvalue weighted by molar-refractivity contribution is 7.99. The van der Waals surface area contributed by atoms with E-state index in [4.69, 9.17) is 5.73 Å². The van der Waals surface area contributed by atoms with Crippen molar-refractivity contribution in [3.63, 3.8) is 0 Å². The van der Waals surface area contributed by atoms with Crippen molar-refractivity contribution in [2.24, 2.45) is 29.4 Å². The van der Waals surface area contributed by atoms with Crippen molar-refractivity contribution in [3.8, 4) is 0 Å². The highest BCUT2D eigenvalue weighted by Crippen LogP contribution is 2.65. The molecule has 0 saturated heterocycles. The first-order valence-corrected chi connectivity index (χ1v) is 9.62. The largest absolute Gasteiger partial charge is 0.481 e. The summed E-state index contributed by atoms with van der Waals surface area (Å²) in [7, 11) is 0. The molecule has 11 heteroatoms. The number of carbonyl (C=O) groups is 3. The molecule has 0 aliphatic heterocycles. The van der Waals surface area contributed by atoms with Crippen LogP contribution in [-0.4, -0.2) is 60.1 Å². The highest BCUT2D eigenvalue weighted by Gasteiger charge is 2.75. The maximum absolute atomic E-state index is 12.5. The number of hydrogen-bond acceptors (Lipinski definition) is 7. The van der Waals surface area contributed by atoms with Crippen molar-refractivity contribution in [2.45, 2.75) is 48.7 Å². The summed E-state index contributed by atoms with van der Waals surface area (Å²) in [5, 5.41) is 29.7. The second-order valence-corrected chi connectivity index (χ2v) is 8.85. The molecule has 2 saturated carbocycles. The molecule has 0 aromatic carbocycles. The zero-order valence-corrected chi connectivity index (χ0v) is 15.8. The summed E-state index contributed by atoms with van der Waals surface area (Å²) in [4.78, 5) is 39.1. The Kier molecular flexibility index (Phi) is 5.17. The van der Waals surface area contributed by atoms with Crippen molar-refractivity contribution in [1.82, 2.24) is 20.5 Å². The maximum atomic E-state index is 12.5. The zero-order valence-electron chi connectivity index (χ0n) is 15.0. The Hall–Kier alpha value is -2.14. The van der Waals surface area contributed by atoms with Crippen LogP contribution in [0.25, 0.3) is 0 Å². The summed E-state index contributed by atoms with van der Waals surface area (Å²) in [6.07, 6.45) is 1.91. The molecule has 2 aliphatic rings. The van der Waals surface area contributed by atoms with E-state index >= 15 is 0 Å². The SMILES string of the molecule is CC(C)C[C@H](N)C(=O)N[C@@]1(C(=O)O)C[C@H](Sc2nnc[nH]2)[C@H]2[C@H](C(=O)O)[C@H]21. The van der Waals surface area contributed by atoms with Gasteiger partial charge in [-0.2, -0.15) is 0 Å². The number of aromatic nitrogens is 3. The quantitative estimate of drug-likeness (QED) is 0.402. The molecule has 0 spiro atoms. The molecule has 148 valence electrons. The lowest BCUT2D eigenvalue weighted by molar-refractivity contribution is -0.150. The summed E-state index contributed by atoms with van der Waals surface area (Å²) in [6, 6.07) is -0.845. The van der Waals surface area contributed by atoms with Crippen LogP contribution in [0, 0.1) is 23.7 Å². The smallest absolute Gasteiger partial charge is 0.329 e. The minimum atomic E-state index is -1.64. The van der Waals surface area contributed by atoms with Gasteiger partial charge >= 0.3 is 11.9 Å². The average molecular weight is 397 g/mol. The van der Waals surface area contributed by atoms with E-state index in [0.717, 1.165) is 0 Å². The minimum absolute atomic E-state index is 0.104. The molecule has 6 atom stereocenters. The molecule has 2 fully saturated rings. The Balaban J connectivity index is 1.84. The summed E-state index contributed by atoms with van der Waals surface area (Å²) in [5.74, 6) is -4.54. The van der Waals surface area contributed by atoms with E-state index in [9.17, 15) is 24.6 Å². The minimum Gasteiger partial charge on any atom is -0.481 e. The highest BCUT2D eigenvalue weighted by atomic mass is 32.2. The van der Waals surface area contributed by atoms with Gasteiger partial charge in [0.2, 0.25) is 5.91 Å². The predicted molar refractivity (Wildman–Crippen MR) is 94.7 cm³/mol. The molecular formula is C16H23N5O5S. The first kappa shape index (κ1) is 19.6. The number of aliphatic carboxylic acids is 2. The molecule has 10 nitrogen and oxygen atoms in total. The number of nitrogens with one attached hydrogen (secondary N) is 2. The second-order valence-electron chi connectivity index (χ2n) is 7.62. The Morgan fingerprint density at radius 1 is 1.44 bits per heavy atom. The van der Waals surface area contributed by atoms with E-state index in [2.05, 4.69) is 20.5 Å². The van der Waals surface area contributed by atoms with Gasteiger partial charge in [0.25, 0.3) is 0 Å². The Morgan fingerprint density at radius 2 is 2.15 bits per heavy atom. The van der Waals surface area contributed by atoms with E-state index in [1.54, 1.807) is 0 Å². The summed E-state index contributed by atoms with van der Waals surface area (Å²) in [5.41, 5.74) is 4.26. The van der Waals surface area contributed by atoms with Crippen molar-refractivity contribution < 1.29 is 24.6 Å². The summed E-state index contributed by atoms with van der Waals surface area (Å²) in [6.45, 7) is 3.83. The molecular weight excluding hydrogens is 374 g/mol. The lowest BCUT2D eigenvalue weighted by Crippen LogP contribution is -2.60. The number of carboxylic acid groups (broad SMARTS) is 2. The zero-order chi connectivity index (χ0) is 19.9. The summed E-state index contributed by atoms with van der Waals surface area (Å²) < 4.78 is 0. The molecule has 6 N–H and O–H groups in total. The van der Waals surface area contributed by atoms with Gasteiger partial charge in [0.1, 0.15) is 11.9 Å². The molecule has 0 bridgehead atoms. The Labute approximate surface area is 159 Å². The standard InChI is InChI=1S/C16H23N5O5S/c1-6(2)3-7(17)12(22)20-16(14(25)26)4-8(27-15-18-5-19-21-15)9-10(11(9)16)13(23)24/h5-11H,3-4,17H2,1-2H3,(H,20,22)(H,23,24)(H,25,26)(H,18,19,21)/t7-,8-,9-,10-,11-,16-/m0/s1. The van der Waals surface area contributed by atoms with Crippen LogP contribution in [0.3, 0.4) is 0 Å². The van der Waals surface area contributed by atoms with Crippen LogP contribution in [-0.2, 0) is 14.4 Å². The number of hydrogen-bond donors (Lipinski definition) is 5. The van der Waals surface area contributed by atoms with Gasteiger partial charge in [-0.15, -0.1) is 10.2 Å². The van der Waals surface area contributed by atoms with Crippen LogP contribution >= 0.6 is 11.8 Å². The van der Waals surface area contributed by atoms with Crippen molar-refractivity contribution in [3.05, 3.63) is 6.33 Å². The molecule has 1 aromatic rings. The second kappa shape index (κ2) is 7.12. The van der Waals surface area contributed by atoms with E-state index in [1.807, 2.05) is 13.8 Å². The third kappa shape index (κ3) is 3.53. The number of nitrogens with two attached hydrogens (primary N) is 1. The van der Waals surface area contributed by atoms with Crippen molar-refractivity contribution in [1.29, 1.82) is 0 Å². The average Bonchev–Trinajstić information content (AvgIpc) is 2.97. The third-order valence-electron chi connectivity index (χ3n) is 5.33. The molecule has 1 heterocycles. The number of nitrogens with zero attached hydrogens (tertiary/aromatic N) is 2. The fourth-order valence-corrected chi connectivity index (χ4v) is 5.54. The molecule has 1 amide bonds. The van der Waals surface area contributed by atoms with Crippen LogP contribution < -0.4 is 11.1 Å². The topological polar surface area (TPSA) is 171 Å². The van der Waals surface area contributed by atoms with Gasteiger partial charge < -0.3 is 26.2 Å². The first-order valence-electron chi connectivity index (χ1n) is 8.74. The van der Waals surface area contributed by atoms with Gasteiger partial charge in [0.15, 0.2) is 5.16 Å². The maximum Gasteiger partial charge on any atom is 0.329 e. The lowest BCUT2D eigenvalue weighted by Gasteiger charge is -2.31. The number of H-pyrrole nitrogens is 1. The van der Waals surface area contributed by atoms with E-state index in [1.165, 1.54) is 18.1 Å². The normalized spacial score (nSPS) is 32.7. The van der Waals surface area contributed by atoms with Crippen LogP contribution in [0.4, 0.5) is 0 Å². The third-order valence-corrected chi connectivity index (χ3v) is 6.54. The van der Waals surface area contributed by atoms with Crippen LogP contribution in [0.2, 0.25) is 0 Å². The number of carbonyl (C=O) groups excluding carboxylic acids is 1. The van der Waals surface area contributed by atoms with Gasteiger partial charge in [0.05, 0.1) is 12.0 Å². The molecule has 0 radical (unpaired) electrons. The van der Waals surface area contributed by atoms with Gasteiger partial charge in [0, 0.05) is 11.2 Å². The number of amides is 1. The molecule has 3 rings (SSSR count). The van der Waals surface area contributed by atoms with E-state index in [0.29, 0.717) is 11.6 Å². The number of rotatable bonds is 8. The number of carboxylic acids is 2. The molecule has 27 heavy (non-hydrogen) atoms. The van der Waals surface area contributed by atoms with Crippen LogP contribution in [0.5, 0.6) is 0 Å². The molecule has 0 unspecified atom stereocenters. The first-order chi connectivity index (χ1) is 12.7. The fourth-order valence-electron chi connectivity index (χ4n) is 4.20. The van der Waals surface area contributed by atoms with Crippen molar-refractivity contribution >= 4 is 29.6 Å². The monoisotopic (exact) mass is 397 g/mol.